The minimum absolute atomic E-state index is 0.0849. The Hall–Kier alpha value is -1.87. The average molecular weight is 292 g/mol. The molecule has 2 nitrogen and oxygen atoms in total. The number of carbonyl (C=O) groups is 1. The van der Waals surface area contributed by atoms with Crippen LogP contribution in [0, 0.1) is 19.7 Å². The lowest BCUT2D eigenvalue weighted by Gasteiger charge is -2.09. The number of hydrogen-bond donors (Lipinski definition) is 1. The average Bonchev–Trinajstić information content (AvgIpc) is 2.38. The molecule has 0 fully saturated rings. The summed E-state index contributed by atoms with van der Waals surface area (Å²) in [7, 11) is 0. The molecule has 1 amide bonds. The van der Waals surface area contributed by atoms with Crippen LogP contribution in [0.25, 0.3) is 0 Å². The van der Waals surface area contributed by atoms with E-state index in [0.717, 1.165) is 11.1 Å². The second-order valence-corrected chi connectivity index (χ2v) is 5.13. The molecule has 0 atom stereocenters. The molecular formula is C16H15ClFNO. The molecule has 4 heteroatoms. The number of amides is 1. The van der Waals surface area contributed by atoms with Gasteiger partial charge in [0.25, 0.3) is 0 Å². The lowest BCUT2D eigenvalue weighted by Crippen LogP contribution is -2.15. The van der Waals surface area contributed by atoms with Crippen molar-refractivity contribution in [3.8, 4) is 0 Å². The zero-order valence-corrected chi connectivity index (χ0v) is 12.1. The minimum atomic E-state index is -0.465. The first-order valence-electron chi connectivity index (χ1n) is 6.27. The Kier molecular flexibility index (Phi) is 4.40. The summed E-state index contributed by atoms with van der Waals surface area (Å²) >= 11 is 5.90. The number of hydrogen-bond acceptors (Lipinski definition) is 1. The fourth-order valence-electron chi connectivity index (χ4n) is 1.89. The molecule has 0 saturated carbocycles. The molecule has 0 aromatic heterocycles. The highest BCUT2D eigenvalue weighted by molar-refractivity contribution is 6.31. The van der Waals surface area contributed by atoms with Crippen LogP contribution in [-0.4, -0.2) is 5.91 Å². The summed E-state index contributed by atoms with van der Waals surface area (Å²) in [6.45, 7) is 3.97. The summed E-state index contributed by atoms with van der Waals surface area (Å²) in [6.07, 6.45) is -0.0849. The predicted octanol–water partition coefficient (Wildman–Crippen LogP) is 4.28. The van der Waals surface area contributed by atoms with Crippen LogP contribution in [0.2, 0.25) is 5.02 Å². The fraction of sp³-hybridized carbons (Fsp3) is 0.188. The van der Waals surface area contributed by atoms with Gasteiger partial charge in [-0.3, -0.25) is 4.79 Å². The Morgan fingerprint density at radius 3 is 2.60 bits per heavy atom. The second-order valence-electron chi connectivity index (χ2n) is 4.72. The molecule has 2 aromatic carbocycles. The van der Waals surface area contributed by atoms with Gasteiger partial charge >= 0.3 is 0 Å². The van der Waals surface area contributed by atoms with Gasteiger partial charge in [0.2, 0.25) is 5.91 Å². The molecule has 104 valence electrons. The lowest BCUT2D eigenvalue weighted by atomic mass is 10.1. The summed E-state index contributed by atoms with van der Waals surface area (Å²) < 4.78 is 13.6. The van der Waals surface area contributed by atoms with Crippen molar-refractivity contribution in [1.29, 1.82) is 0 Å². The number of aryl methyl sites for hydroxylation is 2. The summed E-state index contributed by atoms with van der Waals surface area (Å²) in [4.78, 5) is 11.9. The zero-order chi connectivity index (χ0) is 14.7. The molecular weight excluding hydrogens is 277 g/mol. The Bertz CT molecular complexity index is 635. The van der Waals surface area contributed by atoms with Gasteiger partial charge in [0.1, 0.15) is 5.82 Å². The largest absolute Gasteiger partial charge is 0.326 e. The molecule has 0 saturated heterocycles. The quantitative estimate of drug-likeness (QED) is 0.898. The van der Waals surface area contributed by atoms with Crippen LogP contribution < -0.4 is 5.32 Å². The maximum atomic E-state index is 13.6. The molecule has 1 N–H and O–H groups in total. The zero-order valence-electron chi connectivity index (χ0n) is 11.3. The van der Waals surface area contributed by atoms with Crippen molar-refractivity contribution in [1.82, 2.24) is 0 Å². The van der Waals surface area contributed by atoms with Crippen molar-refractivity contribution in [3.63, 3.8) is 0 Å². The highest BCUT2D eigenvalue weighted by Gasteiger charge is 2.12. The topological polar surface area (TPSA) is 29.1 Å². The van der Waals surface area contributed by atoms with Gasteiger partial charge in [-0.25, -0.2) is 4.39 Å². The highest BCUT2D eigenvalue weighted by Crippen LogP contribution is 2.20. The molecule has 0 unspecified atom stereocenters. The Balaban J connectivity index is 2.11. The van der Waals surface area contributed by atoms with E-state index in [9.17, 15) is 9.18 Å². The molecule has 2 aromatic rings. The van der Waals surface area contributed by atoms with Gasteiger partial charge in [-0.15, -0.1) is 0 Å². The monoisotopic (exact) mass is 291 g/mol. The van der Waals surface area contributed by atoms with Crippen molar-refractivity contribution in [2.45, 2.75) is 20.3 Å². The van der Waals surface area contributed by atoms with E-state index in [0.29, 0.717) is 5.69 Å². The standard InChI is InChI=1S/C16H15ClFNO/c1-10-6-7-12(8-11(10)2)19-16(20)9-13-14(17)4-3-5-15(13)18/h3-8H,9H2,1-2H3,(H,19,20). The Morgan fingerprint density at radius 2 is 1.95 bits per heavy atom. The first kappa shape index (κ1) is 14.5. The number of nitrogens with one attached hydrogen (secondary N) is 1. The predicted molar refractivity (Wildman–Crippen MR) is 79.7 cm³/mol. The van der Waals surface area contributed by atoms with Gasteiger partial charge in [-0.1, -0.05) is 23.7 Å². The first-order valence-corrected chi connectivity index (χ1v) is 6.65. The van der Waals surface area contributed by atoms with Crippen molar-refractivity contribution in [2.75, 3.05) is 5.32 Å². The van der Waals surface area contributed by atoms with Crippen LogP contribution >= 0.6 is 11.6 Å². The van der Waals surface area contributed by atoms with Gasteiger partial charge in [0, 0.05) is 16.3 Å². The maximum absolute atomic E-state index is 13.6. The van der Waals surface area contributed by atoms with Crippen molar-refractivity contribution in [3.05, 3.63) is 63.9 Å². The van der Waals surface area contributed by atoms with Crippen LogP contribution in [0.3, 0.4) is 0 Å². The summed E-state index contributed by atoms with van der Waals surface area (Å²) in [5.74, 6) is -0.756. The van der Waals surface area contributed by atoms with Crippen LogP contribution in [-0.2, 0) is 11.2 Å². The van der Waals surface area contributed by atoms with E-state index in [-0.39, 0.29) is 22.9 Å². The van der Waals surface area contributed by atoms with E-state index in [1.54, 1.807) is 6.07 Å². The number of carbonyl (C=O) groups excluding carboxylic acids is 1. The third kappa shape index (κ3) is 3.36. The minimum Gasteiger partial charge on any atom is -0.326 e. The molecule has 0 radical (unpaired) electrons. The molecule has 0 aliphatic carbocycles. The van der Waals surface area contributed by atoms with E-state index < -0.39 is 5.82 Å². The van der Waals surface area contributed by atoms with Crippen molar-refractivity contribution < 1.29 is 9.18 Å². The molecule has 0 spiro atoms. The molecule has 2 rings (SSSR count). The van der Waals surface area contributed by atoms with E-state index in [1.807, 2.05) is 32.0 Å². The van der Waals surface area contributed by atoms with Gasteiger partial charge < -0.3 is 5.32 Å². The summed E-state index contributed by atoms with van der Waals surface area (Å²) in [6, 6.07) is 10.0. The van der Waals surface area contributed by atoms with Gasteiger partial charge in [0.05, 0.1) is 6.42 Å². The van der Waals surface area contributed by atoms with Crippen LogP contribution in [0.15, 0.2) is 36.4 Å². The number of halogens is 2. The first-order chi connectivity index (χ1) is 9.47. The summed E-state index contributed by atoms with van der Waals surface area (Å²) in [5.41, 5.74) is 3.16. The SMILES string of the molecule is Cc1ccc(NC(=O)Cc2c(F)cccc2Cl)cc1C. The van der Waals surface area contributed by atoms with E-state index in [2.05, 4.69) is 5.32 Å². The van der Waals surface area contributed by atoms with E-state index in [1.165, 1.54) is 12.1 Å². The Labute approximate surface area is 122 Å². The van der Waals surface area contributed by atoms with E-state index >= 15 is 0 Å². The van der Waals surface area contributed by atoms with Gasteiger partial charge in [-0.05, 0) is 49.2 Å². The molecule has 20 heavy (non-hydrogen) atoms. The number of anilines is 1. The van der Waals surface area contributed by atoms with Gasteiger partial charge in [-0.2, -0.15) is 0 Å². The van der Waals surface area contributed by atoms with Gasteiger partial charge in [0.15, 0.2) is 0 Å². The third-order valence-corrected chi connectivity index (χ3v) is 3.54. The number of benzene rings is 2. The fourth-order valence-corrected chi connectivity index (χ4v) is 2.12. The summed E-state index contributed by atoms with van der Waals surface area (Å²) in [5, 5.41) is 3.01. The number of rotatable bonds is 3. The van der Waals surface area contributed by atoms with Crippen molar-refractivity contribution in [2.24, 2.45) is 0 Å². The maximum Gasteiger partial charge on any atom is 0.228 e. The third-order valence-electron chi connectivity index (χ3n) is 3.19. The molecule has 0 heterocycles. The highest BCUT2D eigenvalue weighted by atomic mass is 35.5. The van der Waals surface area contributed by atoms with Crippen LogP contribution in [0.1, 0.15) is 16.7 Å². The second kappa shape index (κ2) is 6.06. The molecule has 0 bridgehead atoms. The lowest BCUT2D eigenvalue weighted by molar-refractivity contribution is -0.115. The normalized spacial score (nSPS) is 10.4. The van der Waals surface area contributed by atoms with E-state index in [4.69, 9.17) is 11.6 Å². The van der Waals surface area contributed by atoms with Crippen molar-refractivity contribution >= 4 is 23.2 Å². The Morgan fingerprint density at radius 1 is 1.20 bits per heavy atom. The molecule has 0 aliphatic rings. The van der Waals surface area contributed by atoms with Crippen LogP contribution in [0.5, 0.6) is 0 Å². The van der Waals surface area contributed by atoms with Crippen LogP contribution in [0.4, 0.5) is 10.1 Å². The smallest absolute Gasteiger partial charge is 0.228 e. The molecule has 0 aliphatic heterocycles.